The highest BCUT2D eigenvalue weighted by atomic mass is 16.5. The third-order valence-electron chi connectivity index (χ3n) is 2.02. The van der Waals surface area contributed by atoms with E-state index in [0.29, 0.717) is 0 Å². The van der Waals surface area contributed by atoms with Crippen molar-refractivity contribution in [3.05, 3.63) is 11.9 Å². The monoisotopic (exact) mass is 251 g/mol. The summed E-state index contributed by atoms with van der Waals surface area (Å²) in [6.45, 7) is 1.83. The lowest BCUT2D eigenvalue weighted by Crippen LogP contribution is -2.17. The Morgan fingerprint density at radius 2 is 1.94 bits per heavy atom. The highest BCUT2D eigenvalue weighted by molar-refractivity contribution is 5.80. The molecular weight excluding hydrogens is 238 g/mol. The van der Waals surface area contributed by atoms with Gasteiger partial charge in [0.25, 0.3) is 0 Å². The zero-order chi connectivity index (χ0) is 13.5. The van der Waals surface area contributed by atoms with Crippen LogP contribution in [0.25, 0.3) is 0 Å². The SMILES string of the molecule is CCOC(=O)C(C#N)c1nc(OC)cc(OC)n1. The van der Waals surface area contributed by atoms with Crippen molar-refractivity contribution in [1.82, 2.24) is 9.97 Å². The molecule has 0 radical (unpaired) electrons. The number of hydrogen-bond acceptors (Lipinski definition) is 7. The van der Waals surface area contributed by atoms with Gasteiger partial charge in [0, 0.05) is 0 Å². The van der Waals surface area contributed by atoms with E-state index in [2.05, 4.69) is 9.97 Å². The van der Waals surface area contributed by atoms with E-state index < -0.39 is 11.9 Å². The van der Waals surface area contributed by atoms with E-state index in [0.717, 1.165) is 0 Å². The number of ether oxygens (including phenoxy) is 3. The van der Waals surface area contributed by atoms with Gasteiger partial charge in [0.05, 0.1) is 33.0 Å². The molecule has 0 bridgehead atoms. The largest absolute Gasteiger partial charge is 0.481 e. The molecule has 0 aliphatic carbocycles. The van der Waals surface area contributed by atoms with Crippen molar-refractivity contribution < 1.29 is 19.0 Å². The van der Waals surface area contributed by atoms with Crippen LogP contribution in [0, 0.1) is 11.3 Å². The van der Waals surface area contributed by atoms with Crippen LogP contribution in [-0.2, 0) is 9.53 Å². The van der Waals surface area contributed by atoms with Gasteiger partial charge in [-0.2, -0.15) is 15.2 Å². The highest BCUT2D eigenvalue weighted by Gasteiger charge is 2.26. The van der Waals surface area contributed by atoms with Crippen LogP contribution < -0.4 is 9.47 Å². The number of carbonyl (C=O) groups excluding carboxylic acids is 1. The van der Waals surface area contributed by atoms with Crippen molar-refractivity contribution in [3.63, 3.8) is 0 Å². The lowest BCUT2D eigenvalue weighted by molar-refractivity contribution is -0.143. The molecular formula is C11H13N3O4. The summed E-state index contributed by atoms with van der Waals surface area (Å²) in [6, 6.07) is 3.24. The van der Waals surface area contributed by atoms with Gasteiger partial charge in [-0.3, -0.25) is 4.79 Å². The number of methoxy groups -OCH3 is 2. The lowest BCUT2D eigenvalue weighted by atomic mass is 10.1. The quantitative estimate of drug-likeness (QED) is 0.709. The zero-order valence-electron chi connectivity index (χ0n) is 10.3. The van der Waals surface area contributed by atoms with Crippen LogP contribution >= 0.6 is 0 Å². The number of esters is 1. The number of nitrogens with zero attached hydrogens (tertiary/aromatic N) is 3. The maximum atomic E-state index is 11.6. The van der Waals surface area contributed by atoms with Crippen LogP contribution in [0.1, 0.15) is 18.7 Å². The minimum absolute atomic E-state index is 0.00727. The first kappa shape index (κ1) is 13.7. The van der Waals surface area contributed by atoms with Gasteiger partial charge in [-0.05, 0) is 6.92 Å². The molecule has 1 rings (SSSR count). The zero-order valence-corrected chi connectivity index (χ0v) is 10.3. The van der Waals surface area contributed by atoms with Crippen LogP contribution in [0.5, 0.6) is 11.8 Å². The Bertz CT molecular complexity index is 448. The number of nitriles is 1. The summed E-state index contributed by atoms with van der Waals surface area (Å²) in [5, 5.41) is 8.99. The second kappa shape index (κ2) is 6.39. The van der Waals surface area contributed by atoms with Crippen molar-refractivity contribution in [1.29, 1.82) is 5.26 Å². The molecule has 0 amide bonds. The lowest BCUT2D eigenvalue weighted by Gasteiger charge is -2.09. The molecule has 0 aliphatic heterocycles. The molecule has 0 fully saturated rings. The molecule has 7 nitrogen and oxygen atoms in total. The number of carbonyl (C=O) groups is 1. The minimum Gasteiger partial charge on any atom is -0.481 e. The first-order valence-corrected chi connectivity index (χ1v) is 5.19. The molecule has 0 N–H and O–H groups in total. The fourth-order valence-corrected chi connectivity index (χ4v) is 1.20. The summed E-state index contributed by atoms with van der Waals surface area (Å²) in [6.07, 6.45) is 0. The third kappa shape index (κ3) is 3.07. The van der Waals surface area contributed by atoms with Crippen molar-refractivity contribution in [2.45, 2.75) is 12.8 Å². The molecule has 1 aromatic rings. The second-order valence-electron chi connectivity index (χ2n) is 3.13. The summed E-state index contributed by atoms with van der Waals surface area (Å²) < 4.78 is 14.7. The average Bonchev–Trinajstić information content (AvgIpc) is 2.39. The van der Waals surface area contributed by atoms with Gasteiger partial charge in [0.2, 0.25) is 17.7 Å². The van der Waals surface area contributed by atoms with Crippen molar-refractivity contribution in [2.75, 3.05) is 20.8 Å². The molecule has 0 saturated heterocycles. The van der Waals surface area contributed by atoms with Crippen LogP contribution in [0.3, 0.4) is 0 Å². The Morgan fingerprint density at radius 3 is 2.33 bits per heavy atom. The van der Waals surface area contributed by atoms with Crippen molar-refractivity contribution >= 4 is 5.97 Å². The van der Waals surface area contributed by atoms with Gasteiger partial charge >= 0.3 is 5.97 Å². The topological polar surface area (TPSA) is 94.3 Å². The van der Waals surface area contributed by atoms with Crippen LogP contribution in [0.2, 0.25) is 0 Å². The van der Waals surface area contributed by atoms with E-state index in [1.54, 1.807) is 13.0 Å². The molecule has 1 atom stereocenters. The summed E-state index contributed by atoms with van der Waals surface area (Å²) in [5.41, 5.74) is 0. The predicted octanol–water partition coefficient (Wildman–Crippen LogP) is 0.664. The standard InChI is InChI=1S/C11H13N3O4/c1-4-18-11(15)7(6-12)10-13-8(16-2)5-9(14-10)17-3/h5,7H,4H2,1-3H3. The molecule has 1 heterocycles. The van der Waals surface area contributed by atoms with E-state index in [-0.39, 0.29) is 24.2 Å². The molecule has 7 heteroatoms. The molecule has 0 saturated carbocycles. The maximum absolute atomic E-state index is 11.6. The van der Waals surface area contributed by atoms with E-state index in [1.165, 1.54) is 20.3 Å². The van der Waals surface area contributed by atoms with E-state index in [4.69, 9.17) is 19.5 Å². The summed E-state index contributed by atoms with van der Waals surface area (Å²) in [4.78, 5) is 19.4. The third-order valence-corrected chi connectivity index (χ3v) is 2.02. The van der Waals surface area contributed by atoms with Gasteiger partial charge in [-0.1, -0.05) is 0 Å². The smallest absolute Gasteiger partial charge is 0.331 e. The Morgan fingerprint density at radius 1 is 1.39 bits per heavy atom. The average molecular weight is 251 g/mol. The number of aromatic nitrogens is 2. The van der Waals surface area contributed by atoms with Crippen LogP contribution in [0.15, 0.2) is 6.07 Å². The van der Waals surface area contributed by atoms with Gasteiger partial charge in [0.1, 0.15) is 0 Å². The first-order chi connectivity index (χ1) is 8.65. The minimum atomic E-state index is -1.20. The molecule has 0 aliphatic rings. The maximum Gasteiger partial charge on any atom is 0.331 e. The van der Waals surface area contributed by atoms with Gasteiger partial charge < -0.3 is 14.2 Å². The summed E-state index contributed by atoms with van der Waals surface area (Å²) in [5.74, 6) is -1.49. The number of rotatable bonds is 5. The first-order valence-electron chi connectivity index (χ1n) is 5.19. The normalized spacial score (nSPS) is 11.2. The molecule has 96 valence electrons. The Hall–Kier alpha value is -2.36. The predicted molar refractivity (Wildman–Crippen MR) is 60.1 cm³/mol. The highest BCUT2D eigenvalue weighted by Crippen LogP contribution is 2.20. The fraction of sp³-hybridized carbons (Fsp3) is 0.455. The van der Waals surface area contributed by atoms with E-state index in [1.807, 2.05) is 0 Å². The van der Waals surface area contributed by atoms with Gasteiger partial charge in [0.15, 0.2) is 5.82 Å². The Kier molecular flexibility index (Phi) is 4.87. The van der Waals surface area contributed by atoms with Gasteiger partial charge in [-0.25, -0.2) is 0 Å². The fourth-order valence-electron chi connectivity index (χ4n) is 1.20. The second-order valence-corrected chi connectivity index (χ2v) is 3.13. The van der Waals surface area contributed by atoms with E-state index in [9.17, 15) is 4.79 Å². The van der Waals surface area contributed by atoms with E-state index >= 15 is 0 Å². The Labute approximate surface area is 104 Å². The molecule has 0 spiro atoms. The summed E-state index contributed by atoms with van der Waals surface area (Å²) in [7, 11) is 2.83. The molecule has 1 aromatic heterocycles. The van der Waals surface area contributed by atoms with Crippen LogP contribution in [0.4, 0.5) is 0 Å². The molecule has 1 unspecified atom stereocenters. The molecule has 0 aromatic carbocycles. The Balaban J connectivity index is 3.13. The van der Waals surface area contributed by atoms with Crippen LogP contribution in [-0.4, -0.2) is 36.8 Å². The van der Waals surface area contributed by atoms with Gasteiger partial charge in [-0.15, -0.1) is 0 Å². The van der Waals surface area contributed by atoms with Crippen molar-refractivity contribution in [3.8, 4) is 17.8 Å². The van der Waals surface area contributed by atoms with Crippen molar-refractivity contribution in [2.24, 2.45) is 0 Å². The summed E-state index contributed by atoms with van der Waals surface area (Å²) >= 11 is 0. The molecule has 18 heavy (non-hydrogen) atoms. The number of hydrogen-bond donors (Lipinski definition) is 0.